The molecule has 220 valence electrons. The van der Waals surface area contributed by atoms with Gasteiger partial charge in [-0.15, -0.1) is 0 Å². The molecular weight excluding hydrogens is 532 g/mol. The molecule has 2 atom stereocenters. The zero-order chi connectivity index (χ0) is 30.3. The topological polar surface area (TPSA) is 55.2 Å². The van der Waals surface area contributed by atoms with Crippen LogP contribution in [0.2, 0.25) is 0 Å². The van der Waals surface area contributed by atoms with Crippen molar-refractivity contribution < 1.29 is 22.0 Å². The highest BCUT2D eigenvalue weighted by molar-refractivity contribution is 7.18. The van der Waals surface area contributed by atoms with Crippen LogP contribution < -0.4 is 15.1 Å². The molecule has 1 aliphatic rings. The molecule has 1 aromatic heterocycles. The predicted octanol–water partition coefficient (Wildman–Crippen LogP) is 8.42. The first-order valence-electron chi connectivity index (χ1n) is 13.5. The summed E-state index contributed by atoms with van der Waals surface area (Å²) < 4.78 is 68.7. The molecule has 1 aromatic carbocycles. The van der Waals surface area contributed by atoms with E-state index in [9.17, 15) is 27.2 Å². The molecule has 0 amide bonds. The maximum atomic E-state index is 14.8. The lowest BCUT2D eigenvalue weighted by Gasteiger charge is -2.40. The molecule has 0 spiro atoms. The fraction of sp³-hybridized carbons (Fsp3) is 0.571. The highest BCUT2D eigenvalue weighted by Crippen LogP contribution is 2.36. The first kappa shape index (κ1) is 36.5. The van der Waals surface area contributed by atoms with Crippen LogP contribution in [0.15, 0.2) is 24.4 Å². The number of anilines is 2. The minimum atomic E-state index is -4.40. The molecule has 3 rings (SSSR count). The highest BCUT2D eigenvalue weighted by atomic mass is 31.0. The van der Waals surface area contributed by atoms with Crippen LogP contribution in [0.5, 0.6) is 0 Å². The third-order valence-corrected chi connectivity index (χ3v) is 6.30. The molecule has 1 fully saturated rings. The molecule has 5 nitrogen and oxygen atoms in total. The molecule has 1 saturated carbocycles. The van der Waals surface area contributed by atoms with E-state index in [1.165, 1.54) is 19.2 Å². The number of hydrogen-bond donors (Lipinski definition) is 1. The van der Waals surface area contributed by atoms with Gasteiger partial charge in [0.1, 0.15) is 17.7 Å². The van der Waals surface area contributed by atoms with Crippen LogP contribution in [0.25, 0.3) is 0 Å². The van der Waals surface area contributed by atoms with Crippen molar-refractivity contribution in [3.63, 3.8) is 0 Å². The van der Waals surface area contributed by atoms with Crippen LogP contribution in [0.3, 0.4) is 0 Å². The van der Waals surface area contributed by atoms with Crippen LogP contribution in [0, 0.1) is 29.9 Å². The molecule has 2 unspecified atom stereocenters. The van der Waals surface area contributed by atoms with E-state index < -0.39 is 23.9 Å². The highest BCUT2D eigenvalue weighted by Gasteiger charge is 2.36. The summed E-state index contributed by atoms with van der Waals surface area (Å²) in [5.74, 6) is -1.40. The number of nitrogens with zero attached hydrogens (tertiary/aromatic N) is 4. The Morgan fingerprint density at radius 1 is 1.13 bits per heavy atom. The van der Waals surface area contributed by atoms with Gasteiger partial charge in [0.2, 0.25) is 0 Å². The summed E-state index contributed by atoms with van der Waals surface area (Å²) in [6.45, 7) is 14.6. The van der Waals surface area contributed by atoms with Crippen molar-refractivity contribution in [3.8, 4) is 6.07 Å². The Balaban J connectivity index is 0.00000225. The van der Waals surface area contributed by atoms with Crippen molar-refractivity contribution in [2.75, 3.05) is 9.68 Å². The first-order chi connectivity index (χ1) is 18.5. The minimum Gasteiger partial charge on any atom is -0.362 e. The Bertz CT molecular complexity index is 1020. The van der Waals surface area contributed by atoms with Crippen molar-refractivity contribution in [2.45, 2.75) is 106 Å². The molecule has 2 aromatic rings. The van der Waals surface area contributed by atoms with Gasteiger partial charge in [0, 0.05) is 22.9 Å². The molecule has 39 heavy (non-hydrogen) atoms. The minimum absolute atomic E-state index is 0.0537. The Kier molecular flexibility index (Phi) is 16.8. The fourth-order valence-electron chi connectivity index (χ4n) is 3.56. The molecule has 11 heteroatoms. The lowest BCUT2D eigenvalue weighted by molar-refractivity contribution is -0.151. The van der Waals surface area contributed by atoms with Gasteiger partial charge in [-0.3, -0.25) is 9.76 Å². The summed E-state index contributed by atoms with van der Waals surface area (Å²) in [6.07, 6.45) is -0.485. The van der Waals surface area contributed by atoms with Crippen LogP contribution in [-0.4, -0.2) is 23.2 Å². The van der Waals surface area contributed by atoms with E-state index in [1.54, 1.807) is 12.1 Å². The van der Waals surface area contributed by atoms with Crippen molar-refractivity contribution in [3.05, 3.63) is 52.9 Å². The SMILES string of the molecule is CC.CC.CC.Cc1c(F)cc(N(Cc2ccc(N(P)NC(C)C(F)(F)F)cn2)C2CCC2)c(CC#N)c1F. The van der Waals surface area contributed by atoms with E-state index in [4.69, 9.17) is 0 Å². The second-order valence-electron chi connectivity index (χ2n) is 8.11. The van der Waals surface area contributed by atoms with Crippen LogP contribution in [0.1, 0.15) is 84.5 Å². The van der Waals surface area contributed by atoms with E-state index >= 15 is 0 Å². The first-order valence-corrected chi connectivity index (χ1v) is 14.0. The zero-order valence-electron chi connectivity index (χ0n) is 24.3. The van der Waals surface area contributed by atoms with Gasteiger partial charge >= 0.3 is 6.18 Å². The van der Waals surface area contributed by atoms with E-state index in [2.05, 4.69) is 19.8 Å². The van der Waals surface area contributed by atoms with E-state index in [0.717, 1.165) is 31.0 Å². The van der Waals surface area contributed by atoms with Crippen molar-refractivity contribution in [1.82, 2.24) is 10.4 Å². The number of nitriles is 1. The van der Waals surface area contributed by atoms with Crippen molar-refractivity contribution >= 4 is 20.8 Å². The normalized spacial score (nSPS) is 13.2. The van der Waals surface area contributed by atoms with E-state index in [-0.39, 0.29) is 30.1 Å². The second kappa shape index (κ2) is 18.0. The number of aromatic nitrogens is 1. The number of rotatable bonds is 8. The monoisotopic (exact) mass is 575 g/mol. The third-order valence-electron chi connectivity index (χ3n) is 5.85. The predicted molar refractivity (Wildman–Crippen MR) is 153 cm³/mol. The molecule has 0 bridgehead atoms. The van der Waals surface area contributed by atoms with Gasteiger partial charge in [0.05, 0.1) is 36.6 Å². The summed E-state index contributed by atoms with van der Waals surface area (Å²) >= 11 is 0. The summed E-state index contributed by atoms with van der Waals surface area (Å²) in [5, 5.41) is 9.18. The van der Waals surface area contributed by atoms with Gasteiger partial charge in [-0.25, -0.2) is 14.2 Å². The number of alkyl halides is 3. The maximum absolute atomic E-state index is 14.8. The number of halogens is 5. The number of hydrazine groups is 1. The van der Waals surface area contributed by atoms with Gasteiger partial charge in [0.15, 0.2) is 0 Å². The number of pyridine rings is 1. The summed E-state index contributed by atoms with van der Waals surface area (Å²) in [5.41, 5.74) is 3.65. The van der Waals surface area contributed by atoms with Gasteiger partial charge < -0.3 is 4.90 Å². The van der Waals surface area contributed by atoms with Gasteiger partial charge in [-0.05, 0) is 60.7 Å². The standard InChI is InChI=1S/C22H25F5N5P.3C2H6/c1-13-19(23)10-20(18(8-9-28)21(13)24)31(16-4-3-5-16)12-15-6-7-17(11-29-15)32(33)30-14(2)22(25,26)27;3*1-2/h6-7,10-11,14,16,30H,3-5,8,12,33H2,1-2H3;3*1-2H3. The van der Waals surface area contributed by atoms with E-state index in [1.807, 2.05) is 52.5 Å². The Labute approximate surface area is 233 Å². The molecule has 1 aliphatic carbocycles. The quantitative estimate of drug-likeness (QED) is 0.195. The average Bonchev–Trinajstić information content (AvgIpc) is 2.91. The molecule has 1 N–H and O–H groups in total. The molecule has 1 heterocycles. The number of hydrogen-bond acceptors (Lipinski definition) is 5. The molecular formula is C28H43F5N5P. The lowest BCUT2D eigenvalue weighted by Crippen LogP contribution is -2.46. The third kappa shape index (κ3) is 10.2. The lowest BCUT2D eigenvalue weighted by atomic mass is 9.89. The van der Waals surface area contributed by atoms with Gasteiger partial charge in [0.25, 0.3) is 0 Å². The Hall–Kier alpha value is -2.50. The average molecular weight is 576 g/mol. The molecule has 0 saturated heterocycles. The van der Waals surface area contributed by atoms with Crippen LogP contribution >= 0.6 is 9.39 Å². The molecule has 0 radical (unpaired) electrons. The van der Waals surface area contributed by atoms with Crippen molar-refractivity contribution in [1.29, 1.82) is 5.26 Å². The van der Waals surface area contributed by atoms with Crippen LogP contribution in [0.4, 0.5) is 33.3 Å². The Morgan fingerprint density at radius 3 is 2.15 bits per heavy atom. The summed E-state index contributed by atoms with van der Waals surface area (Å²) in [7, 11) is 2.17. The summed E-state index contributed by atoms with van der Waals surface area (Å²) in [6, 6.07) is 4.78. The smallest absolute Gasteiger partial charge is 0.362 e. The maximum Gasteiger partial charge on any atom is 0.405 e. The van der Waals surface area contributed by atoms with Crippen molar-refractivity contribution in [2.24, 2.45) is 0 Å². The van der Waals surface area contributed by atoms with Gasteiger partial charge in [-0.2, -0.15) is 18.4 Å². The van der Waals surface area contributed by atoms with Gasteiger partial charge in [-0.1, -0.05) is 41.5 Å². The second-order valence-corrected chi connectivity index (χ2v) is 8.63. The Morgan fingerprint density at radius 2 is 1.72 bits per heavy atom. The largest absolute Gasteiger partial charge is 0.405 e. The molecule has 0 aliphatic heterocycles. The summed E-state index contributed by atoms with van der Waals surface area (Å²) in [4.78, 5) is 6.21. The number of benzene rings is 1. The van der Waals surface area contributed by atoms with E-state index in [0.29, 0.717) is 17.1 Å². The zero-order valence-corrected chi connectivity index (χ0v) is 25.4. The number of nitrogens with one attached hydrogen (secondary N) is 1. The van der Waals surface area contributed by atoms with Crippen LogP contribution in [-0.2, 0) is 13.0 Å². The fourth-order valence-corrected chi connectivity index (χ4v) is 3.93.